The molecule has 2 aromatic heterocycles. The first-order valence-electron chi connectivity index (χ1n) is 6.33. The summed E-state index contributed by atoms with van der Waals surface area (Å²) < 4.78 is 5.25. The number of furan rings is 1. The van der Waals surface area contributed by atoms with Crippen LogP contribution in [0.1, 0.15) is 29.3 Å². The first kappa shape index (κ1) is 13.0. The fourth-order valence-electron chi connectivity index (χ4n) is 1.90. The van der Waals surface area contributed by atoms with Crippen molar-refractivity contribution >= 4 is 5.97 Å². The molecule has 0 aliphatic heterocycles. The third-order valence-electron chi connectivity index (χ3n) is 3.06. The molecule has 106 valence electrons. The van der Waals surface area contributed by atoms with Crippen LogP contribution < -0.4 is 0 Å². The standard InChI is InChI=1S/C14H12N4O3/c1-9(11-7-8-12(21-11)14(19)20)18-16-13(15-17-18)10-5-3-2-4-6-10/h2-9H,1H3,(H,19,20). The van der Waals surface area contributed by atoms with Crippen LogP contribution in [0.4, 0.5) is 0 Å². The molecule has 1 aromatic carbocycles. The van der Waals surface area contributed by atoms with Crippen molar-refractivity contribution in [3.63, 3.8) is 0 Å². The van der Waals surface area contributed by atoms with Crippen LogP contribution >= 0.6 is 0 Å². The summed E-state index contributed by atoms with van der Waals surface area (Å²) in [6.45, 7) is 1.81. The molecule has 0 aliphatic carbocycles. The van der Waals surface area contributed by atoms with E-state index in [-0.39, 0.29) is 11.8 Å². The number of rotatable bonds is 4. The van der Waals surface area contributed by atoms with Gasteiger partial charge >= 0.3 is 5.97 Å². The van der Waals surface area contributed by atoms with Crippen molar-refractivity contribution in [2.45, 2.75) is 13.0 Å². The van der Waals surface area contributed by atoms with E-state index in [4.69, 9.17) is 9.52 Å². The fourth-order valence-corrected chi connectivity index (χ4v) is 1.90. The lowest BCUT2D eigenvalue weighted by Gasteiger charge is -2.05. The molecule has 21 heavy (non-hydrogen) atoms. The number of hydrogen-bond donors (Lipinski definition) is 1. The Hall–Kier alpha value is -2.96. The molecule has 0 saturated heterocycles. The van der Waals surface area contributed by atoms with Crippen molar-refractivity contribution in [1.29, 1.82) is 0 Å². The molecule has 3 aromatic rings. The maximum absolute atomic E-state index is 10.8. The minimum absolute atomic E-state index is 0.111. The molecule has 7 heteroatoms. The Kier molecular flexibility index (Phi) is 3.23. The second-order valence-corrected chi connectivity index (χ2v) is 4.48. The molecule has 1 N–H and O–H groups in total. The van der Waals surface area contributed by atoms with Gasteiger partial charge in [0, 0.05) is 5.56 Å². The zero-order valence-electron chi connectivity index (χ0n) is 11.2. The van der Waals surface area contributed by atoms with Gasteiger partial charge in [-0.3, -0.25) is 0 Å². The quantitative estimate of drug-likeness (QED) is 0.789. The first-order valence-corrected chi connectivity index (χ1v) is 6.33. The average molecular weight is 284 g/mol. The molecular formula is C14H12N4O3. The largest absolute Gasteiger partial charge is 0.475 e. The normalized spacial score (nSPS) is 12.2. The maximum atomic E-state index is 10.8. The van der Waals surface area contributed by atoms with E-state index in [1.807, 2.05) is 30.3 Å². The lowest BCUT2D eigenvalue weighted by atomic mass is 10.2. The van der Waals surface area contributed by atoms with E-state index in [2.05, 4.69) is 15.4 Å². The lowest BCUT2D eigenvalue weighted by Crippen LogP contribution is -2.09. The number of carboxylic acid groups (broad SMARTS) is 1. The van der Waals surface area contributed by atoms with Gasteiger partial charge in [0.25, 0.3) is 0 Å². The Labute approximate surface area is 119 Å². The molecule has 3 rings (SSSR count). The summed E-state index contributed by atoms with van der Waals surface area (Å²) in [7, 11) is 0. The van der Waals surface area contributed by atoms with E-state index in [1.165, 1.54) is 10.9 Å². The third kappa shape index (κ3) is 2.53. The number of benzene rings is 1. The molecule has 0 saturated carbocycles. The van der Waals surface area contributed by atoms with Gasteiger partial charge in [0.2, 0.25) is 11.6 Å². The zero-order chi connectivity index (χ0) is 14.8. The number of aromatic carboxylic acids is 1. The van der Waals surface area contributed by atoms with E-state index in [1.54, 1.807) is 13.0 Å². The molecule has 0 fully saturated rings. The van der Waals surface area contributed by atoms with Gasteiger partial charge in [-0.2, -0.15) is 4.80 Å². The maximum Gasteiger partial charge on any atom is 0.371 e. The molecule has 1 unspecified atom stereocenters. The van der Waals surface area contributed by atoms with Crippen LogP contribution in [-0.4, -0.2) is 31.3 Å². The molecular weight excluding hydrogens is 272 g/mol. The van der Waals surface area contributed by atoms with Gasteiger partial charge in [0.15, 0.2) is 0 Å². The summed E-state index contributed by atoms with van der Waals surface area (Å²) in [6.07, 6.45) is 0. The summed E-state index contributed by atoms with van der Waals surface area (Å²) in [5.74, 6) is -0.248. The van der Waals surface area contributed by atoms with Crippen LogP contribution in [-0.2, 0) is 0 Å². The molecule has 0 radical (unpaired) electrons. The van der Waals surface area contributed by atoms with Crippen LogP contribution in [0.3, 0.4) is 0 Å². The third-order valence-corrected chi connectivity index (χ3v) is 3.06. The van der Waals surface area contributed by atoms with E-state index in [9.17, 15) is 4.79 Å². The second-order valence-electron chi connectivity index (χ2n) is 4.48. The minimum Gasteiger partial charge on any atom is -0.475 e. The molecule has 0 spiro atoms. The first-order chi connectivity index (χ1) is 10.1. The van der Waals surface area contributed by atoms with Gasteiger partial charge in [-0.1, -0.05) is 30.3 Å². The summed E-state index contributed by atoms with van der Waals surface area (Å²) in [5, 5.41) is 21.1. The predicted octanol–water partition coefficient (Wildman–Crippen LogP) is 2.24. The Morgan fingerprint density at radius 2 is 2.00 bits per heavy atom. The minimum atomic E-state index is -1.11. The summed E-state index contributed by atoms with van der Waals surface area (Å²) in [6, 6.07) is 12.1. The Bertz CT molecular complexity index is 763. The van der Waals surface area contributed by atoms with Gasteiger partial charge in [-0.15, -0.1) is 10.2 Å². The van der Waals surface area contributed by atoms with Crippen molar-refractivity contribution in [3.05, 3.63) is 54.0 Å². The number of hydrogen-bond acceptors (Lipinski definition) is 5. The Morgan fingerprint density at radius 3 is 2.67 bits per heavy atom. The van der Waals surface area contributed by atoms with Crippen LogP contribution in [0.5, 0.6) is 0 Å². The molecule has 0 amide bonds. The average Bonchev–Trinajstić information content (AvgIpc) is 3.17. The number of tetrazole rings is 1. The van der Waals surface area contributed by atoms with Gasteiger partial charge in [-0.25, -0.2) is 4.79 Å². The topological polar surface area (TPSA) is 94.0 Å². The number of aromatic nitrogens is 4. The van der Waals surface area contributed by atoms with E-state index in [0.717, 1.165) is 5.56 Å². The number of nitrogens with zero attached hydrogens (tertiary/aromatic N) is 4. The zero-order valence-corrected chi connectivity index (χ0v) is 11.2. The SMILES string of the molecule is CC(c1ccc(C(=O)O)o1)n1nnc(-c2ccccc2)n1. The van der Waals surface area contributed by atoms with Crippen molar-refractivity contribution < 1.29 is 14.3 Å². The second kappa shape index (κ2) is 5.20. The van der Waals surface area contributed by atoms with Crippen LogP contribution in [0.25, 0.3) is 11.4 Å². The molecule has 7 nitrogen and oxygen atoms in total. The van der Waals surface area contributed by atoms with E-state index >= 15 is 0 Å². The highest BCUT2D eigenvalue weighted by atomic mass is 16.4. The summed E-state index contributed by atoms with van der Waals surface area (Å²) >= 11 is 0. The highest BCUT2D eigenvalue weighted by Gasteiger charge is 2.18. The lowest BCUT2D eigenvalue weighted by molar-refractivity contribution is 0.0659. The van der Waals surface area contributed by atoms with Crippen LogP contribution in [0.2, 0.25) is 0 Å². The van der Waals surface area contributed by atoms with Crippen molar-refractivity contribution in [2.24, 2.45) is 0 Å². The molecule has 2 heterocycles. The summed E-state index contributed by atoms with van der Waals surface area (Å²) in [5.41, 5.74) is 0.863. The van der Waals surface area contributed by atoms with Crippen molar-refractivity contribution in [3.8, 4) is 11.4 Å². The van der Waals surface area contributed by atoms with Crippen molar-refractivity contribution in [1.82, 2.24) is 20.2 Å². The highest BCUT2D eigenvalue weighted by molar-refractivity contribution is 5.84. The van der Waals surface area contributed by atoms with Crippen LogP contribution in [0, 0.1) is 0 Å². The number of carbonyl (C=O) groups is 1. The van der Waals surface area contributed by atoms with Gasteiger partial charge in [0.1, 0.15) is 11.8 Å². The monoisotopic (exact) mass is 284 g/mol. The fraction of sp³-hybridized carbons (Fsp3) is 0.143. The number of carboxylic acids is 1. The van der Waals surface area contributed by atoms with Gasteiger partial charge < -0.3 is 9.52 Å². The molecule has 1 atom stereocenters. The smallest absolute Gasteiger partial charge is 0.371 e. The van der Waals surface area contributed by atoms with Gasteiger partial charge in [-0.05, 0) is 24.3 Å². The van der Waals surface area contributed by atoms with E-state index < -0.39 is 5.97 Å². The summed E-state index contributed by atoms with van der Waals surface area (Å²) in [4.78, 5) is 12.2. The Balaban J connectivity index is 1.87. The Morgan fingerprint density at radius 1 is 1.24 bits per heavy atom. The van der Waals surface area contributed by atoms with Gasteiger partial charge in [0.05, 0.1) is 0 Å². The molecule has 0 aliphatic rings. The predicted molar refractivity (Wildman–Crippen MR) is 72.7 cm³/mol. The van der Waals surface area contributed by atoms with E-state index in [0.29, 0.717) is 11.6 Å². The molecule has 0 bridgehead atoms. The highest BCUT2D eigenvalue weighted by Crippen LogP contribution is 2.20. The van der Waals surface area contributed by atoms with Crippen LogP contribution in [0.15, 0.2) is 46.9 Å². The van der Waals surface area contributed by atoms with Crippen molar-refractivity contribution in [2.75, 3.05) is 0 Å².